The van der Waals surface area contributed by atoms with Crippen LogP contribution in [-0.4, -0.2) is 25.7 Å². The van der Waals surface area contributed by atoms with E-state index in [1.807, 2.05) is 0 Å². The molecule has 0 saturated carbocycles. The third-order valence-corrected chi connectivity index (χ3v) is 3.85. The van der Waals surface area contributed by atoms with E-state index in [0.29, 0.717) is 16.2 Å². The largest absolute Gasteiger partial charge is 0.477 e. The number of nitrogens with zero attached hydrogens (tertiary/aromatic N) is 3. The van der Waals surface area contributed by atoms with Crippen molar-refractivity contribution in [1.82, 2.24) is 14.6 Å². The fourth-order valence-electron chi connectivity index (χ4n) is 1.80. The maximum Gasteiger partial charge on any atom is 0.347 e. The molecule has 3 rings (SSSR count). The van der Waals surface area contributed by atoms with Crippen molar-refractivity contribution in [2.45, 2.75) is 6.92 Å². The number of aromatic carboxylic acids is 1. The molecule has 0 unspecified atom stereocenters. The van der Waals surface area contributed by atoms with Gasteiger partial charge in [0.05, 0.1) is 11.3 Å². The first kappa shape index (κ1) is 11.8. The highest BCUT2D eigenvalue weighted by molar-refractivity contribution is 7.18. The van der Waals surface area contributed by atoms with Crippen LogP contribution in [0, 0.1) is 12.7 Å². The van der Waals surface area contributed by atoms with E-state index < -0.39 is 11.8 Å². The number of carboxylic acids is 1. The molecule has 1 aromatic carbocycles. The van der Waals surface area contributed by atoms with Crippen molar-refractivity contribution < 1.29 is 14.3 Å². The summed E-state index contributed by atoms with van der Waals surface area (Å²) in [6.45, 7) is 1.65. The Bertz CT molecular complexity index is 793. The molecule has 7 heteroatoms. The zero-order chi connectivity index (χ0) is 13.6. The Labute approximate surface area is 111 Å². The molecule has 2 heterocycles. The van der Waals surface area contributed by atoms with Gasteiger partial charge < -0.3 is 5.11 Å². The second-order valence-electron chi connectivity index (χ2n) is 3.93. The van der Waals surface area contributed by atoms with Gasteiger partial charge in [-0.3, -0.25) is 0 Å². The zero-order valence-electron chi connectivity index (χ0n) is 9.79. The summed E-state index contributed by atoms with van der Waals surface area (Å²) in [5.74, 6) is -1.16. The van der Waals surface area contributed by atoms with Crippen LogP contribution < -0.4 is 0 Å². The molecule has 96 valence electrons. The van der Waals surface area contributed by atoms with Crippen LogP contribution in [0.15, 0.2) is 24.3 Å². The molecule has 0 aliphatic heterocycles. The highest BCUT2D eigenvalue weighted by Crippen LogP contribution is 2.25. The van der Waals surface area contributed by atoms with Gasteiger partial charge in [0, 0.05) is 0 Å². The van der Waals surface area contributed by atoms with Crippen LogP contribution in [0.25, 0.3) is 16.3 Å². The Morgan fingerprint density at radius 2 is 2.16 bits per heavy atom. The van der Waals surface area contributed by atoms with Gasteiger partial charge in [-0.1, -0.05) is 23.5 Å². The van der Waals surface area contributed by atoms with Crippen molar-refractivity contribution >= 4 is 22.3 Å². The first-order valence-electron chi connectivity index (χ1n) is 5.42. The van der Waals surface area contributed by atoms with Gasteiger partial charge in [0.1, 0.15) is 10.7 Å². The maximum atomic E-state index is 13.6. The summed E-state index contributed by atoms with van der Waals surface area (Å²) in [5.41, 5.74) is 0.789. The molecular weight excluding hydrogens is 269 g/mol. The molecule has 3 aromatic rings. The van der Waals surface area contributed by atoms with Crippen molar-refractivity contribution in [1.29, 1.82) is 0 Å². The Hall–Kier alpha value is -2.28. The number of aromatic nitrogens is 3. The van der Waals surface area contributed by atoms with Crippen LogP contribution in [0.5, 0.6) is 0 Å². The molecule has 0 bridgehead atoms. The number of carbonyl (C=O) groups is 1. The van der Waals surface area contributed by atoms with E-state index in [4.69, 9.17) is 5.11 Å². The molecule has 19 heavy (non-hydrogen) atoms. The van der Waals surface area contributed by atoms with Crippen molar-refractivity contribution in [3.63, 3.8) is 0 Å². The zero-order valence-corrected chi connectivity index (χ0v) is 10.6. The maximum absolute atomic E-state index is 13.6. The highest BCUT2D eigenvalue weighted by Gasteiger charge is 2.19. The van der Waals surface area contributed by atoms with Gasteiger partial charge in [-0.25, -0.2) is 13.7 Å². The van der Waals surface area contributed by atoms with Gasteiger partial charge in [0.2, 0.25) is 4.96 Å². The Morgan fingerprint density at radius 1 is 1.42 bits per heavy atom. The monoisotopic (exact) mass is 277 g/mol. The predicted molar refractivity (Wildman–Crippen MR) is 68.0 cm³/mol. The molecule has 1 N–H and O–H groups in total. The molecule has 0 spiro atoms. The van der Waals surface area contributed by atoms with Crippen molar-refractivity contribution in [3.8, 4) is 11.4 Å². The van der Waals surface area contributed by atoms with Crippen molar-refractivity contribution in [2.24, 2.45) is 0 Å². The van der Waals surface area contributed by atoms with Crippen LogP contribution in [0.4, 0.5) is 4.39 Å². The standard InChI is InChI=1S/C12H8FN3O2S/c1-6-9(11(17)18)19-12-14-10(15-16(6)12)7-4-2-3-5-8(7)13/h2-5H,1H3,(H,17,18). The van der Waals surface area contributed by atoms with E-state index >= 15 is 0 Å². The van der Waals surface area contributed by atoms with Crippen LogP contribution in [0.1, 0.15) is 15.4 Å². The van der Waals surface area contributed by atoms with Crippen LogP contribution >= 0.6 is 11.3 Å². The van der Waals surface area contributed by atoms with Gasteiger partial charge in [-0.15, -0.1) is 5.10 Å². The summed E-state index contributed by atoms with van der Waals surface area (Å²) < 4.78 is 15.1. The van der Waals surface area contributed by atoms with Gasteiger partial charge in [0.25, 0.3) is 0 Å². The highest BCUT2D eigenvalue weighted by atomic mass is 32.1. The minimum absolute atomic E-state index is 0.190. The normalized spacial score (nSPS) is 11.1. The number of hydrogen-bond donors (Lipinski definition) is 1. The number of fused-ring (bicyclic) bond motifs is 1. The summed E-state index contributed by atoms with van der Waals surface area (Å²) in [6.07, 6.45) is 0. The minimum Gasteiger partial charge on any atom is -0.477 e. The third-order valence-electron chi connectivity index (χ3n) is 2.73. The third kappa shape index (κ3) is 1.78. The summed E-state index contributed by atoms with van der Waals surface area (Å²) in [6, 6.07) is 6.20. The summed E-state index contributed by atoms with van der Waals surface area (Å²) in [4.78, 5) is 15.8. The fraction of sp³-hybridized carbons (Fsp3) is 0.0833. The lowest BCUT2D eigenvalue weighted by atomic mass is 10.2. The van der Waals surface area contributed by atoms with E-state index in [1.165, 1.54) is 10.6 Å². The molecule has 0 radical (unpaired) electrons. The Kier molecular flexibility index (Phi) is 2.56. The number of carboxylic acid groups (broad SMARTS) is 1. The van der Waals surface area contributed by atoms with Gasteiger partial charge in [0.15, 0.2) is 5.82 Å². The van der Waals surface area contributed by atoms with Crippen LogP contribution in [-0.2, 0) is 0 Å². The minimum atomic E-state index is -1.01. The lowest BCUT2D eigenvalue weighted by molar-refractivity contribution is 0.0701. The lowest BCUT2D eigenvalue weighted by Gasteiger charge is -1.96. The van der Waals surface area contributed by atoms with E-state index in [1.54, 1.807) is 25.1 Å². The van der Waals surface area contributed by atoms with E-state index in [0.717, 1.165) is 11.3 Å². The van der Waals surface area contributed by atoms with Gasteiger partial charge in [-0.05, 0) is 19.1 Å². The van der Waals surface area contributed by atoms with E-state index in [-0.39, 0.29) is 10.7 Å². The van der Waals surface area contributed by atoms with Crippen LogP contribution in [0.2, 0.25) is 0 Å². The van der Waals surface area contributed by atoms with Crippen molar-refractivity contribution in [2.75, 3.05) is 0 Å². The molecule has 0 aliphatic carbocycles. The predicted octanol–water partition coefficient (Wildman–Crippen LogP) is 2.60. The van der Waals surface area contributed by atoms with Crippen LogP contribution in [0.3, 0.4) is 0 Å². The van der Waals surface area contributed by atoms with Gasteiger partial charge in [-0.2, -0.15) is 4.98 Å². The van der Waals surface area contributed by atoms with Gasteiger partial charge >= 0.3 is 5.97 Å². The smallest absolute Gasteiger partial charge is 0.347 e. The Morgan fingerprint density at radius 3 is 2.79 bits per heavy atom. The Balaban J connectivity index is 2.19. The molecule has 0 atom stereocenters. The van der Waals surface area contributed by atoms with E-state index in [2.05, 4.69) is 10.1 Å². The molecule has 0 saturated heterocycles. The quantitative estimate of drug-likeness (QED) is 0.781. The number of thiazole rings is 1. The van der Waals surface area contributed by atoms with Crippen molar-refractivity contribution in [3.05, 3.63) is 40.7 Å². The second-order valence-corrected chi connectivity index (χ2v) is 4.91. The second kappa shape index (κ2) is 4.13. The molecule has 0 fully saturated rings. The topological polar surface area (TPSA) is 67.5 Å². The summed E-state index contributed by atoms with van der Waals surface area (Å²) in [7, 11) is 0. The molecule has 0 aliphatic rings. The average molecular weight is 277 g/mol. The number of halogens is 1. The fourth-order valence-corrected chi connectivity index (χ4v) is 2.70. The SMILES string of the molecule is Cc1c(C(=O)O)sc2nc(-c3ccccc3F)nn12. The number of rotatable bonds is 2. The summed E-state index contributed by atoms with van der Waals surface area (Å²) in [5, 5.41) is 13.2. The average Bonchev–Trinajstić information content (AvgIpc) is 2.90. The number of hydrogen-bond acceptors (Lipinski definition) is 4. The molecular formula is C12H8FN3O2S. The number of benzene rings is 1. The first-order valence-corrected chi connectivity index (χ1v) is 6.24. The molecule has 0 amide bonds. The molecule has 2 aromatic heterocycles. The summed E-state index contributed by atoms with van der Waals surface area (Å²) >= 11 is 1.02. The molecule has 5 nitrogen and oxygen atoms in total. The van der Waals surface area contributed by atoms with E-state index in [9.17, 15) is 9.18 Å². The lowest BCUT2D eigenvalue weighted by Crippen LogP contribution is -1.98. The number of aryl methyl sites for hydroxylation is 1. The first-order chi connectivity index (χ1) is 9.08.